The minimum Gasteiger partial charge on any atom is -0.405 e. The summed E-state index contributed by atoms with van der Waals surface area (Å²) in [5, 5.41) is 4.36. The van der Waals surface area contributed by atoms with Crippen LogP contribution >= 0.6 is 11.6 Å². The largest absolute Gasteiger partial charge is 0.405 e. The van der Waals surface area contributed by atoms with Gasteiger partial charge in [-0.25, -0.2) is 4.68 Å². The lowest BCUT2D eigenvalue weighted by Gasteiger charge is -2.26. The van der Waals surface area contributed by atoms with Gasteiger partial charge in [-0.2, -0.15) is 20.1 Å². The number of piperidine rings is 1. The molecule has 8 heteroatoms. The Hall–Kier alpha value is -1.89. The van der Waals surface area contributed by atoms with Crippen LogP contribution in [0.4, 0.5) is 5.95 Å². The average Bonchev–Trinajstić information content (AvgIpc) is 2.77. The number of hydrogen-bond acceptors (Lipinski definition) is 6. The molecule has 112 valence electrons. The summed E-state index contributed by atoms with van der Waals surface area (Å²) in [6, 6.07) is 2.01. The molecular formula is C13H17ClN6O. The predicted octanol–water partition coefficient (Wildman–Crippen LogP) is 2.35. The summed E-state index contributed by atoms with van der Waals surface area (Å²) >= 11 is 5.99. The Labute approximate surface area is 127 Å². The topological polar surface area (TPSA) is 69.0 Å². The Morgan fingerprint density at radius 3 is 2.57 bits per heavy atom. The van der Waals surface area contributed by atoms with Crippen LogP contribution in [0.25, 0.3) is 0 Å². The molecule has 0 unspecified atom stereocenters. The molecule has 0 atom stereocenters. The minimum atomic E-state index is 0.138. The van der Waals surface area contributed by atoms with E-state index in [2.05, 4.69) is 25.0 Å². The van der Waals surface area contributed by atoms with E-state index in [1.54, 1.807) is 11.7 Å². The summed E-state index contributed by atoms with van der Waals surface area (Å²) < 4.78 is 7.30. The monoisotopic (exact) mass is 308 g/mol. The van der Waals surface area contributed by atoms with Crippen LogP contribution in [-0.4, -0.2) is 37.8 Å². The van der Waals surface area contributed by atoms with Crippen LogP contribution in [0.3, 0.4) is 0 Å². The molecule has 0 spiro atoms. The number of hydrogen-bond donors (Lipinski definition) is 0. The molecule has 0 saturated carbocycles. The summed E-state index contributed by atoms with van der Waals surface area (Å²) in [4.78, 5) is 14.7. The van der Waals surface area contributed by atoms with E-state index >= 15 is 0 Å². The molecule has 3 heterocycles. The van der Waals surface area contributed by atoms with Crippen molar-refractivity contribution in [2.45, 2.75) is 26.2 Å². The van der Waals surface area contributed by atoms with Crippen molar-refractivity contribution in [3.05, 3.63) is 17.0 Å². The predicted molar refractivity (Wildman–Crippen MR) is 78.9 cm³/mol. The van der Waals surface area contributed by atoms with E-state index in [1.165, 1.54) is 6.42 Å². The molecule has 0 aromatic carbocycles. The maximum Gasteiger partial charge on any atom is 0.329 e. The van der Waals surface area contributed by atoms with Crippen LogP contribution in [0.1, 0.15) is 25.0 Å². The minimum absolute atomic E-state index is 0.138. The van der Waals surface area contributed by atoms with Gasteiger partial charge in [0.25, 0.3) is 0 Å². The van der Waals surface area contributed by atoms with E-state index in [4.69, 9.17) is 16.3 Å². The van der Waals surface area contributed by atoms with Gasteiger partial charge in [-0.15, -0.1) is 0 Å². The molecule has 1 fully saturated rings. The number of aromatic nitrogens is 5. The van der Waals surface area contributed by atoms with Crippen molar-refractivity contribution in [1.82, 2.24) is 24.7 Å². The molecule has 2 aromatic rings. The van der Waals surface area contributed by atoms with Gasteiger partial charge in [-0.1, -0.05) is 0 Å². The van der Waals surface area contributed by atoms with E-state index in [1.807, 2.05) is 13.0 Å². The Bertz CT molecular complexity index is 638. The van der Waals surface area contributed by atoms with Crippen molar-refractivity contribution < 1.29 is 4.74 Å². The van der Waals surface area contributed by atoms with Gasteiger partial charge in [0.15, 0.2) is 0 Å². The fraction of sp³-hybridized carbons (Fsp3) is 0.538. The second-order valence-corrected chi connectivity index (χ2v) is 5.42. The van der Waals surface area contributed by atoms with Crippen molar-refractivity contribution in [1.29, 1.82) is 0 Å². The summed E-state index contributed by atoms with van der Waals surface area (Å²) in [5.74, 6) is 1.14. The van der Waals surface area contributed by atoms with Gasteiger partial charge in [-0.05, 0) is 37.8 Å². The van der Waals surface area contributed by atoms with E-state index in [0.717, 1.165) is 31.6 Å². The molecule has 2 aromatic heterocycles. The van der Waals surface area contributed by atoms with Gasteiger partial charge < -0.3 is 9.64 Å². The van der Waals surface area contributed by atoms with E-state index in [0.29, 0.717) is 11.8 Å². The number of aryl methyl sites for hydroxylation is 2. The number of nitrogens with zero attached hydrogens (tertiary/aromatic N) is 6. The van der Waals surface area contributed by atoms with Crippen molar-refractivity contribution in [3.8, 4) is 11.9 Å². The van der Waals surface area contributed by atoms with Crippen LogP contribution in [0.5, 0.6) is 11.9 Å². The lowest BCUT2D eigenvalue weighted by Crippen LogP contribution is -2.31. The fourth-order valence-corrected chi connectivity index (χ4v) is 2.53. The van der Waals surface area contributed by atoms with Crippen LogP contribution < -0.4 is 9.64 Å². The first-order chi connectivity index (χ1) is 10.1. The first-order valence-electron chi connectivity index (χ1n) is 6.97. The van der Waals surface area contributed by atoms with Crippen molar-refractivity contribution in [2.24, 2.45) is 7.05 Å². The molecule has 0 amide bonds. The molecular weight excluding hydrogens is 292 g/mol. The lowest BCUT2D eigenvalue weighted by atomic mass is 10.1. The van der Waals surface area contributed by atoms with Crippen molar-refractivity contribution in [2.75, 3.05) is 18.0 Å². The SMILES string of the molecule is Cc1cc(Oc2nc(Cl)nc(N3CCCCC3)n2)n(C)n1. The quantitative estimate of drug-likeness (QED) is 0.867. The Balaban J connectivity index is 1.85. The highest BCUT2D eigenvalue weighted by atomic mass is 35.5. The maximum absolute atomic E-state index is 5.99. The fourth-order valence-electron chi connectivity index (χ4n) is 2.38. The average molecular weight is 309 g/mol. The third-order valence-corrected chi connectivity index (χ3v) is 3.54. The summed E-state index contributed by atoms with van der Waals surface area (Å²) in [5.41, 5.74) is 0.865. The standard InChI is InChI=1S/C13H17ClN6O/c1-9-8-10(19(2)18-9)21-13-16-11(14)15-12(17-13)20-6-4-3-5-7-20/h8H,3-7H2,1-2H3. The van der Waals surface area contributed by atoms with Gasteiger partial charge in [0.2, 0.25) is 17.1 Å². The lowest BCUT2D eigenvalue weighted by molar-refractivity contribution is 0.396. The van der Waals surface area contributed by atoms with Crippen LogP contribution in [0, 0.1) is 6.92 Å². The maximum atomic E-state index is 5.99. The zero-order valence-electron chi connectivity index (χ0n) is 12.1. The molecule has 0 bridgehead atoms. The highest BCUT2D eigenvalue weighted by molar-refractivity contribution is 6.28. The van der Waals surface area contributed by atoms with Crippen molar-refractivity contribution in [3.63, 3.8) is 0 Å². The highest BCUT2D eigenvalue weighted by Gasteiger charge is 2.17. The number of anilines is 1. The first kappa shape index (κ1) is 14.1. The second-order valence-electron chi connectivity index (χ2n) is 5.08. The van der Waals surface area contributed by atoms with Crippen LogP contribution in [0.15, 0.2) is 6.07 Å². The van der Waals surface area contributed by atoms with Crippen LogP contribution in [0.2, 0.25) is 5.28 Å². The van der Waals surface area contributed by atoms with Gasteiger partial charge >= 0.3 is 6.01 Å². The van der Waals surface area contributed by atoms with Gasteiger partial charge in [0, 0.05) is 26.2 Å². The summed E-state index contributed by atoms with van der Waals surface area (Å²) in [6.07, 6.45) is 3.52. The molecule has 1 aliphatic rings. The van der Waals surface area contributed by atoms with Crippen LogP contribution in [-0.2, 0) is 7.05 Å². The normalized spacial score (nSPS) is 15.3. The third-order valence-electron chi connectivity index (χ3n) is 3.37. The summed E-state index contributed by atoms with van der Waals surface area (Å²) in [6.45, 7) is 3.77. The van der Waals surface area contributed by atoms with Gasteiger partial charge in [0.1, 0.15) is 0 Å². The molecule has 21 heavy (non-hydrogen) atoms. The number of halogens is 1. The Morgan fingerprint density at radius 2 is 1.90 bits per heavy atom. The number of rotatable bonds is 3. The molecule has 1 aliphatic heterocycles. The zero-order chi connectivity index (χ0) is 14.8. The summed E-state index contributed by atoms with van der Waals surface area (Å²) in [7, 11) is 1.80. The van der Waals surface area contributed by atoms with Gasteiger partial charge in [-0.3, -0.25) is 0 Å². The molecule has 1 saturated heterocycles. The third kappa shape index (κ3) is 3.24. The Morgan fingerprint density at radius 1 is 1.14 bits per heavy atom. The van der Waals surface area contributed by atoms with E-state index < -0.39 is 0 Å². The van der Waals surface area contributed by atoms with Crippen molar-refractivity contribution >= 4 is 17.5 Å². The second kappa shape index (κ2) is 5.85. The molecule has 0 aliphatic carbocycles. The Kier molecular flexibility index (Phi) is 3.92. The molecule has 3 rings (SSSR count). The molecule has 7 nitrogen and oxygen atoms in total. The molecule has 0 radical (unpaired) electrons. The smallest absolute Gasteiger partial charge is 0.329 e. The molecule has 0 N–H and O–H groups in total. The van der Waals surface area contributed by atoms with E-state index in [-0.39, 0.29) is 11.3 Å². The van der Waals surface area contributed by atoms with E-state index in [9.17, 15) is 0 Å². The van der Waals surface area contributed by atoms with Gasteiger partial charge in [0.05, 0.1) is 5.69 Å². The first-order valence-corrected chi connectivity index (χ1v) is 7.34. The zero-order valence-corrected chi connectivity index (χ0v) is 12.8. The number of ether oxygens (including phenoxy) is 1. The highest BCUT2D eigenvalue weighted by Crippen LogP contribution is 2.23.